The van der Waals surface area contributed by atoms with E-state index in [-0.39, 0.29) is 11.9 Å². The third-order valence-corrected chi connectivity index (χ3v) is 5.96. The minimum absolute atomic E-state index is 0.135. The largest absolute Gasteiger partial charge is 0.322 e. The van der Waals surface area contributed by atoms with Crippen molar-refractivity contribution in [1.29, 1.82) is 0 Å². The maximum atomic E-state index is 13.1. The summed E-state index contributed by atoms with van der Waals surface area (Å²) in [6.45, 7) is 4.14. The van der Waals surface area contributed by atoms with Crippen molar-refractivity contribution in [3.05, 3.63) is 59.4 Å². The molecule has 1 aliphatic carbocycles. The summed E-state index contributed by atoms with van der Waals surface area (Å²) < 4.78 is 1.89. The lowest BCUT2D eigenvalue weighted by Gasteiger charge is -2.11. The third kappa shape index (κ3) is 3.42. The topological polar surface area (TPSA) is 72.7 Å². The molecule has 29 heavy (non-hydrogen) atoms. The van der Waals surface area contributed by atoms with E-state index in [1.807, 2.05) is 40.4 Å². The van der Waals surface area contributed by atoms with E-state index in [2.05, 4.69) is 29.2 Å². The van der Waals surface area contributed by atoms with Gasteiger partial charge in [0, 0.05) is 40.5 Å². The summed E-state index contributed by atoms with van der Waals surface area (Å²) in [5.74, 6) is 0.323. The summed E-state index contributed by atoms with van der Waals surface area (Å²) in [6.07, 6.45) is 5.81. The Balaban J connectivity index is 1.47. The molecular weight excluding hydrogens is 382 g/mol. The molecule has 6 nitrogen and oxygen atoms in total. The van der Waals surface area contributed by atoms with Gasteiger partial charge in [0.05, 0.1) is 17.1 Å². The summed E-state index contributed by atoms with van der Waals surface area (Å²) in [6, 6.07) is 9.89. The molecule has 3 heterocycles. The summed E-state index contributed by atoms with van der Waals surface area (Å²) in [7, 11) is 0. The number of aromatic nitrogens is 4. The van der Waals surface area contributed by atoms with Crippen LogP contribution in [0, 0.1) is 0 Å². The number of anilines is 1. The van der Waals surface area contributed by atoms with Gasteiger partial charge in [0.15, 0.2) is 5.65 Å². The van der Waals surface area contributed by atoms with Gasteiger partial charge >= 0.3 is 0 Å². The van der Waals surface area contributed by atoms with Crippen LogP contribution in [0.5, 0.6) is 0 Å². The van der Waals surface area contributed by atoms with Gasteiger partial charge in [0.1, 0.15) is 5.01 Å². The Labute approximate surface area is 172 Å². The molecule has 0 unspecified atom stereocenters. The number of nitrogens with zero attached hydrogens (tertiary/aromatic N) is 4. The molecule has 1 N–H and O–H groups in total. The van der Waals surface area contributed by atoms with Gasteiger partial charge in [-0.1, -0.05) is 0 Å². The molecule has 5 rings (SSSR count). The number of thiazole rings is 1. The van der Waals surface area contributed by atoms with Gasteiger partial charge in [-0.05, 0) is 57.0 Å². The van der Waals surface area contributed by atoms with Crippen LogP contribution in [0.4, 0.5) is 5.69 Å². The van der Waals surface area contributed by atoms with E-state index in [0.717, 1.165) is 45.8 Å². The molecule has 0 saturated heterocycles. The lowest BCUT2D eigenvalue weighted by Crippen LogP contribution is -2.14. The molecule has 1 amide bonds. The van der Waals surface area contributed by atoms with Gasteiger partial charge in [0.25, 0.3) is 5.91 Å². The molecule has 0 aliphatic heterocycles. The molecule has 7 heteroatoms. The second-order valence-corrected chi connectivity index (χ2v) is 8.55. The standard InChI is InChI=1S/C22H21N5OS/c1-13(2)27-20-18(12-24-27)17(11-19(26-20)14-3-4-14)21(28)25-16-7-5-15(6-8-16)22-23-9-10-29-22/h5-14H,3-4H2,1-2H3,(H,25,28). The molecule has 146 valence electrons. The zero-order valence-electron chi connectivity index (χ0n) is 16.3. The number of nitrogens with one attached hydrogen (secondary N) is 1. The fraction of sp³-hybridized carbons (Fsp3) is 0.273. The summed E-state index contributed by atoms with van der Waals surface area (Å²) >= 11 is 1.59. The second-order valence-electron chi connectivity index (χ2n) is 7.66. The van der Waals surface area contributed by atoms with Gasteiger partial charge in [-0.15, -0.1) is 11.3 Å². The molecule has 4 aromatic rings. The summed E-state index contributed by atoms with van der Waals surface area (Å²) in [5, 5.41) is 11.2. The van der Waals surface area contributed by atoms with Crippen LogP contribution in [0.15, 0.2) is 48.1 Å². The fourth-order valence-electron chi connectivity index (χ4n) is 3.45. The van der Waals surface area contributed by atoms with Crippen molar-refractivity contribution in [2.24, 2.45) is 0 Å². The van der Waals surface area contributed by atoms with Crippen molar-refractivity contribution in [3.63, 3.8) is 0 Å². The SMILES string of the molecule is CC(C)n1ncc2c(C(=O)Nc3ccc(-c4nccs4)cc3)cc(C3CC3)nc21. The molecule has 1 aromatic carbocycles. The number of carbonyl (C=O) groups excluding carboxylic acids is 1. The molecule has 1 aliphatic rings. The van der Waals surface area contributed by atoms with Crippen LogP contribution >= 0.6 is 11.3 Å². The molecule has 0 atom stereocenters. The van der Waals surface area contributed by atoms with Crippen molar-refractivity contribution in [2.45, 2.75) is 38.6 Å². The van der Waals surface area contributed by atoms with Crippen molar-refractivity contribution in [3.8, 4) is 10.6 Å². The van der Waals surface area contributed by atoms with Crippen LogP contribution in [-0.2, 0) is 0 Å². The number of amides is 1. The van der Waals surface area contributed by atoms with Crippen LogP contribution in [0.3, 0.4) is 0 Å². The lowest BCUT2D eigenvalue weighted by molar-refractivity contribution is 0.102. The van der Waals surface area contributed by atoms with Crippen molar-refractivity contribution < 1.29 is 4.79 Å². The van der Waals surface area contributed by atoms with Crippen molar-refractivity contribution in [1.82, 2.24) is 19.7 Å². The zero-order chi connectivity index (χ0) is 20.0. The van der Waals surface area contributed by atoms with E-state index < -0.39 is 0 Å². The molecule has 0 spiro atoms. The van der Waals surface area contributed by atoms with E-state index >= 15 is 0 Å². The maximum absolute atomic E-state index is 13.1. The molecular formula is C22H21N5OS. The van der Waals surface area contributed by atoms with Crippen LogP contribution in [0.2, 0.25) is 0 Å². The molecule has 3 aromatic heterocycles. The number of hydrogen-bond donors (Lipinski definition) is 1. The highest BCUT2D eigenvalue weighted by Crippen LogP contribution is 2.40. The van der Waals surface area contributed by atoms with E-state index in [0.29, 0.717) is 11.5 Å². The summed E-state index contributed by atoms with van der Waals surface area (Å²) in [5.41, 5.74) is 4.20. The van der Waals surface area contributed by atoms with Gasteiger partial charge < -0.3 is 5.32 Å². The van der Waals surface area contributed by atoms with Gasteiger partial charge in [-0.3, -0.25) is 4.79 Å². The Morgan fingerprint density at radius 3 is 2.69 bits per heavy atom. The smallest absolute Gasteiger partial charge is 0.256 e. The van der Waals surface area contributed by atoms with Crippen LogP contribution in [0.1, 0.15) is 54.7 Å². The Hall–Kier alpha value is -3.06. The number of rotatable bonds is 5. The average molecular weight is 404 g/mol. The first kappa shape index (κ1) is 18.0. The van der Waals surface area contributed by atoms with Crippen molar-refractivity contribution in [2.75, 3.05) is 5.32 Å². The van der Waals surface area contributed by atoms with E-state index in [1.54, 1.807) is 23.7 Å². The van der Waals surface area contributed by atoms with Gasteiger partial charge in [0.2, 0.25) is 0 Å². The quantitative estimate of drug-likeness (QED) is 0.493. The molecule has 1 fully saturated rings. The zero-order valence-corrected chi connectivity index (χ0v) is 17.1. The highest BCUT2D eigenvalue weighted by atomic mass is 32.1. The normalized spacial score (nSPS) is 13.9. The van der Waals surface area contributed by atoms with E-state index in [1.165, 1.54) is 0 Å². The minimum Gasteiger partial charge on any atom is -0.322 e. The second kappa shape index (κ2) is 7.08. The molecule has 0 radical (unpaired) electrons. The van der Waals surface area contributed by atoms with Crippen LogP contribution < -0.4 is 5.32 Å². The first-order chi connectivity index (χ1) is 14.1. The van der Waals surface area contributed by atoms with E-state index in [4.69, 9.17) is 4.98 Å². The number of hydrogen-bond acceptors (Lipinski definition) is 5. The number of benzene rings is 1. The lowest BCUT2D eigenvalue weighted by atomic mass is 10.1. The molecule has 0 bridgehead atoms. The molecule has 1 saturated carbocycles. The highest BCUT2D eigenvalue weighted by molar-refractivity contribution is 7.13. The predicted octanol–water partition coefficient (Wildman–Crippen LogP) is 5.27. The number of carbonyl (C=O) groups is 1. The van der Waals surface area contributed by atoms with Gasteiger partial charge in [-0.2, -0.15) is 5.10 Å². The maximum Gasteiger partial charge on any atom is 0.256 e. The summed E-state index contributed by atoms with van der Waals surface area (Å²) in [4.78, 5) is 22.3. The van der Waals surface area contributed by atoms with Crippen molar-refractivity contribution >= 4 is 34.0 Å². The fourth-order valence-corrected chi connectivity index (χ4v) is 4.10. The highest BCUT2D eigenvalue weighted by Gasteiger charge is 2.28. The number of pyridine rings is 1. The first-order valence-corrected chi connectivity index (χ1v) is 10.7. The Morgan fingerprint density at radius 2 is 2.03 bits per heavy atom. The van der Waals surface area contributed by atoms with Gasteiger partial charge in [-0.25, -0.2) is 14.6 Å². The predicted molar refractivity (Wildman–Crippen MR) is 115 cm³/mol. The third-order valence-electron chi connectivity index (χ3n) is 5.14. The number of fused-ring (bicyclic) bond motifs is 1. The Bertz CT molecular complexity index is 1170. The minimum atomic E-state index is -0.135. The Morgan fingerprint density at radius 1 is 1.24 bits per heavy atom. The Kier molecular flexibility index (Phi) is 4.39. The first-order valence-electron chi connectivity index (χ1n) is 9.79. The van der Waals surface area contributed by atoms with E-state index in [9.17, 15) is 4.79 Å². The monoisotopic (exact) mass is 403 g/mol. The van der Waals surface area contributed by atoms with Crippen LogP contribution in [0.25, 0.3) is 21.6 Å². The van der Waals surface area contributed by atoms with Crippen LogP contribution in [-0.4, -0.2) is 25.7 Å². The average Bonchev–Trinajstić information content (AvgIpc) is 3.25.